The van der Waals surface area contributed by atoms with Crippen molar-refractivity contribution < 1.29 is 4.74 Å². The van der Waals surface area contributed by atoms with Gasteiger partial charge in [-0.2, -0.15) is 0 Å². The van der Waals surface area contributed by atoms with Crippen molar-refractivity contribution in [2.75, 3.05) is 7.11 Å². The van der Waals surface area contributed by atoms with Gasteiger partial charge in [0.1, 0.15) is 5.75 Å². The van der Waals surface area contributed by atoms with Crippen LogP contribution in [0.25, 0.3) is 65.7 Å². The summed E-state index contributed by atoms with van der Waals surface area (Å²) in [5, 5.41) is 8.00. The van der Waals surface area contributed by atoms with Gasteiger partial charge in [0.2, 0.25) is 0 Å². The van der Waals surface area contributed by atoms with E-state index >= 15 is 0 Å². The van der Waals surface area contributed by atoms with E-state index in [0.29, 0.717) is 0 Å². The predicted molar refractivity (Wildman–Crippen MR) is 149 cm³/mol. The molecule has 0 saturated carbocycles. The van der Waals surface area contributed by atoms with Gasteiger partial charge in [0.05, 0.1) is 12.6 Å². The second-order valence-corrected chi connectivity index (χ2v) is 8.99. The molecule has 0 bridgehead atoms. The number of hydrogen-bond donors (Lipinski definition) is 0. The van der Waals surface area contributed by atoms with Crippen LogP contribution >= 0.6 is 0 Å². The molecule has 0 atom stereocenters. The zero-order valence-electron chi connectivity index (χ0n) is 19.8. The number of benzene rings is 6. The highest BCUT2D eigenvalue weighted by Crippen LogP contribution is 2.43. The van der Waals surface area contributed by atoms with Crippen molar-refractivity contribution in [2.24, 2.45) is 0 Å². The molecule has 0 unspecified atom stereocenters. The summed E-state index contributed by atoms with van der Waals surface area (Å²) in [5.41, 5.74) is 4.40. The van der Waals surface area contributed by atoms with Crippen LogP contribution < -0.4 is 4.74 Å². The Balaban J connectivity index is 1.59. The molecule has 0 aliphatic rings. The fourth-order valence-corrected chi connectivity index (χ4v) is 5.32. The maximum atomic E-state index is 5.41. The molecule has 0 aliphatic carbocycles. The van der Waals surface area contributed by atoms with Gasteiger partial charge in [-0.25, -0.2) is 9.97 Å². The summed E-state index contributed by atoms with van der Waals surface area (Å²) in [6.45, 7) is 0. The maximum absolute atomic E-state index is 5.41. The first-order valence-corrected chi connectivity index (χ1v) is 12.0. The first-order valence-electron chi connectivity index (χ1n) is 12.0. The summed E-state index contributed by atoms with van der Waals surface area (Å²) in [5.74, 6) is 1.59. The SMILES string of the molecule is COc1ccc(-c2c3ccccc3c(-c3ncc4ccc5ccccc5c4n3)c3ccccc23)cc1. The zero-order valence-corrected chi connectivity index (χ0v) is 19.8. The largest absolute Gasteiger partial charge is 0.497 e. The Kier molecular flexibility index (Phi) is 4.68. The lowest BCUT2D eigenvalue weighted by molar-refractivity contribution is 0.415. The molecule has 0 radical (unpaired) electrons. The Morgan fingerprint density at radius 3 is 1.72 bits per heavy atom. The minimum atomic E-state index is 0.743. The Labute approximate surface area is 208 Å². The quantitative estimate of drug-likeness (QED) is 0.195. The summed E-state index contributed by atoms with van der Waals surface area (Å²) in [6.07, 6.45) is 1.95. The van der Waals surface area contributed by atoms with Crippen molar-refractivity contribution in [3.63, 3.8) is 0 Å². The van der Waals surface area contributed by atoms with Gasteiger partial charge in [0.15, 0.2) is 5.82 Å². The molecular weight excluding hydrogens is 440 g/mol. The molecule has 6 aromatic carbocycles. The molecule has 1 aromatic heterocycles. The van der Waals surface area contributed by atoms with E-state index in [0.717, 1.165) is 49.8 Å². The Hall–Kier alpha value is -4.76. The highest BCUT2D eigenvalue weighted by molar-refractivity contribution is 6.21. The average molecular weight is 463 g/mol. The van der Waals surface area contributed by atoms with Crippen LogP contribution in [0, 0.1) is 0 Å². The topological polar surface area (TPSA) is 35.0 Å². The molecule has 0 N–H and O–H groups in total. The fourth-order valence-electron chi connectivity index (χ4n) is 5.32. The fraction of sp³-hybridized carbons (Fsp3) is 0.0303. The van der Waals surface area contributed by atoms with E-state index in [4.69, 9.17) is 14.7 Å². The molecule has 0 fully saturated rings. The summed E-state index contributed by atoms with van der Waals surface area (Å²) in [7, 11) is 1.70. The van der Waals surface area contributed by atoms with E-state index in [2.05, 4.69) is 97.1 Å². The monoisotopic (exact) mass is 462 g/mol. The highest BCUT2D eigenvalue weighted by atomic mass is 16.5. The van der Waals surface area contributed by atoms with Crippen LogP contribution in [0.3, 0.4) is 0 Å². The molecular formula is C33H22N2O. The van der Waals surface area contributed by atoms with Crippen LogP contribution in [0.2, 0.25) is 0 Å². The lowest BCUT2D eigenvalue weighted by Crippen LogP contribution is -1.95. The van der Waals surface area contributed by atoms with Gasteiger partial charge < -0.3 is 4.74 Å². The highest BCUT2D eigenvalue weighted by Gasteiger charge is 2.18. The number of aromatic nitrogens is 2. The van der Waals surface area contributed by atoms with Crippen molar-refractivity contribution in [3.8, 4) is 28.3 Å². The number of fused-ring (bicyclic) bond motifs is 5. The lowest BCUT2D eigenvalue weighted by atomic mass is 9.88. The number of ether oxygens (including phenoxy) is 1. The van der Waals surface area contributed by atoms with Crippen molar-refractivity contribution in [2.45, 2.75) is 0 Å². The van der Waals surface area contributed by atoms with Crippen molar-refractivity contribution >= 4 is 43.2 Å². The van der Waals surface area contributed by atoms with E-state index in [-0.39, 0.29) is 0 Å². The van der Waals surface area contributed by atoms with E-state index in [9.17, 15) is 0 Å². The smallest absolute Gasteiger partial charge is 0.161 e. The van der Waals surface area contributed by atoms with Crippen molar-refractivity contribution in [1.29, 1.82) is 0 Å². The molecule has 3 heteroatoms. The first-order chi connectivity index (χ1) is 17.8. The number of methoxy groups -OCH3 is 1. The molecule has 7 rings (SSSR count). The summed E-state index contributed by atoms with van der Waals surface area (Å²) in [6, 6.07) is 38.1. The number of rotatable bonds is 3. The van der Waals surface area contributed by atoms with Gasteiger partial charge in [-0.3, -0.25) is 0 Å². The number of hydrogen-bond acceptors (Lipinski definition) is 3. The van der Waals surface area contributed by atoms with Crippen LogP contribution in [0.5, 0.6) is 5.75 Å². The van der Waals surface area contributed by atoms with Gasteiger partial charge in [0, 0.05) is 22.5 Å². The molecule has 1 heterocycles. The number of nitrogens with zero attached hydrogens (tertiary/aromatic N) is 2. The van der Waals surface area contributed by atoms with E-state index in [1.807, 2.05) is 18.3 Å². The van der Waals surface area contributed by atoms with Crippen LogP contribution in [-0.2, 0) is 0 Å². The minimum absolute atomic E-state index is 0.743. The Morgan fingerprint density at radius 1 is 0.528 bits per heavy atom. The van der Waals surface area contributed by atoms with E-state index in [1.54, 1.807) is 7.11 Å². The molecule has 0 saturated heterocycles. The normalized spacial score (nSPS) is 11.5. The van der Waals surface area contributed by atoms with Gasteiger partial charge >= 0.3 is 0 Å². The van der Waals surface area contributed by atoms with Gasteiger partial charge in [-0.1, -0.05) is 97.1 Å². The molecule has 3 nitrogen and oxygen atoms in total. The van der Waals surface area contributed by atoms with Crippen LogP contribution in [0.1, 0.15) is 0 Å². The lowest BCUT2D eigenvalue weighted by Gasteiger charge is -2.17. The summed E-state index contributed by atoms with van der Waals surface area (Å²) < 4.78 is 5.41. The second-order valence-electron chi connectivity index (χ2n) is 8.99. The zero-order chi connectivity index (χ0) is 24.1. The van der Waals surface area contributed by atoms with E-state index < -0.39 is 0 Å². The van der Waals surface area contributed by atoms with Gasteiger partial charge in [0.25, 0.3) is 0 Å². The van der Waals surface area contributed by atoms with Gasteiger partial charge in [-0.05, 0) is 50.2 Å². The Bertz CT molecular complexity index is 1870. The molecule has 0 amide bonds. The first kappa shape index (κ1) is 20.6. The summed E-state index contributed by atoms with van der Waals surface area (Å²) >= 11 is 0. The van der Waals surface area contributed by atoms with Crippen LogP contribution in [-0.4, -0.2) is 17.1 Å². The van der Waals surface area contributed by atoms with Crippen molar-refractivity contribution in [3.05, 3.63) is 115 Å². The van der Waals surface area contributed by atoms with Gasteiger partial charge in [-0.15, -0.1) is 0 Å². The van der Waals surface area contributed by atoms with Crippen LogP contribution in [0.4, 0.5) is 0 Å². The molecule has 170 valence electrons. The third-order valence-electron chi connectivity index (χ3n) is 7.01. The molecule has 36 heavy (non-hydrogen) atoms. The van der Waals surface area contributed by atoms with Crippen molar-refractivity contribution in [1.82, 2.24) is 9.97 Å². The van der Waals surface area contributed by atoms with E-state index in [1.165, 1.54) is 21.7 Å². The molecule has 0 aliphatic heterocycles. The molecule has 7 aromatic rings. The standard InChI is InChI=1S/C33H22N2O/c1-36-24-18-16-22(17-19-24)30-26-10-4-6-12-28(26)31(29-13-7-5-11-27(29)30)33-34-20-23-15-14-21-8-2-3-9-25(21)32(23)35-33/h2-20H,1H3. The maximum Gasteiger partial charge on any atom is 0.161 e. The second kappa shape index (κ2) is 8.17. The Morgan fingerprint density at radius 2 is 1.08 bits per heavy atom. The third kappa shape index (κ3) is 3.14. The summed E-state index contributed by atoms with van der Waals surface area (Å²) in [4.78, 5) is 10.1. The van der Waals surface area contributed by atoms with Crippen LogP contribution in [0.15, 0.2) is 115 Å². The minimum Gasteiger partial charge on any atom is -0.497 e. The third-order valence-corrected chi connectivity index (χ3v) is 7.01. The predicted octanol–water partition coefficient (Wildman–Crippen LogP) is 8.43. The molecule has 0 spiro atoms. The average Bonchev–Trinajstić information content (AvgIpc) is 2.95.